The van der Waals surface area contributed by atoms with Gasteiger partial charge in [0.15, 0.2) is 12.0 Å². The highest BCUT2D eigenvalue weighted by Gasteiger charge is 2.57. The molecule has 26 heavy (non-hydrogen) atoms. The zero-order chi connectivity index (χ0) is 19.8. The first-order chi connectivity index (χ1) is 11.9. The average Bonchev–Trinajstić information content (AvgIpc) is 2.88. The van der Waals surface area contributed by atoms with E-state index in [-0.39, 0.29) is 19.3 Å². The van der Waals surface area contributed by atoms with E-state index in [1.807, 2.05) is 0 Å². The molecule has 18 heteroatoms. The molecular formula is C8H16N5O10P3. The van der Waals surface area contributed by atoms with Crippen molar-refractivity contribution >= 4 is 39.5 Å². The molecule has 0 radical (unpaired) electrons. The fourth-order valence-electron chi connectivity index (χ4n) is 1.94. The van der Waals surface area contributed by atoms with Gasteiger partial charge in [0.05, 0.1) is 19.6 Å². The van der Waals surface area contributed by atoms with Crippen molar-refractivity contribution in [3.8, 4) is 0 Å². The molecule has 15 nitrogen and oxygen atoms in total. The van der Waals surface area contributed by atoms with E-state index in [9.17, 15) is 23.4 Å². The number of rotatable bonds is 8. The Morgan fingerprint density at radius 2 is 1.88 bits per heavy atom. The summed E-state index contributed by atoms with van der Waals surface area (Å²) in [5.74, 6) is -0.627. The molecule has 0 aromatic rings. The minimum Gasteiger partial charge on any atom is -0.370 e. The molecule has 2 rings (SSSR count). The van der Waals surface area contributed by atoms with Crippen LogP contribution in [0.3, 0.4) is 0 Å². The Hall–Kier alpha value is -1.14. The Morgan fingerprint density at radius 1 is 1.23 bits per heavy atom. The van der Waals surface area contributed by atoms with Gasteiger partial charge < -0.3 is 40.3 Å². The second kappa shape index (κ2) is 7.47. The van der Waals surface area contributed by atoms with E-state index < -0.39 is 46.0 Å². The summed E-state index contributed by atoms with van der Waals surface area (Å²) in [6.45, 7) is -7.02. The van der Waals surface area contributed by atoms with Gasteiger partial charge in [0.25, 0.3) is 5.91 Å². The van der Waals surface area contributed by atoms with E-state index in [4.69, 9.17) is 25.2 Å². The normalized spacial score (nSPS) is 27.3. The Labute approximate surface area is 145 Å². The van der Waals surface area contributed by atoms with Crippen LogP contribution in [0.1, 0.15) is 0 Å². The van der Waals surface area contributed by atoms with Gasteiger partial charge >= 0.3 is 21.3 Å². The van der Waals surface area contributed by atoms with Gasteiger partial charge in [-0.15, -0.1) is 0 Å². The van der Waals surface area contributed by atoms with Crippen LogP contribution < -0.4 is 11.1 Å². The van der Waals surface area contributed by atoms with Crippen molar-refractivity contribution in [2.45, 2.75) is 12.2 Å². The first kappa shape index (κ1) is 21.2. The third-order valence-electron chi connectivity index (χ3n) is 3.21. The minimum absolute atomic E-state index is 0.0903. The van der Waals surface area contributed by atoms with Gasteiger partial charge in [-0.2, -0.15) is 4.99 Å². The maximum Gasteiger partial charge on any atom is 0.422 e. The number of hydrogen-bond donors (Lipinski definition) is 6. The van der Waals surface area contributed by atoms with Gasteiger partial charge in [-0.1, -0.05) is 0 Å². The molecule has 2 aliphatic rings. The maximum atomic E-state index is 11.6. The molecule has 0 aromatic heterocycles. The summed E-state index contributed by atoms with van der Waals surface area (Å²) in [7, 11) is -11.2. The lowest BCUT2D eigenvalue weighted by Gasteiger charge is -2.30. The van der Waals surface area contributed by atoms with Crippen LogP contribution in [0.4, 0.5) is 0 Å². The number of nitrogens with two attached hydrogens (primary N) is 1. The summed E-state index contributed by atoms with van der Waals surface area (Å²) < 4.78 is 43.1. The molecule has 0 saturated carbocycles. The molecule has 7 N–H and O–H groups in total. The summed E-state index contributed by atoms with van der Waals surface area (Å²) >= 11 is 0. The Bertz CT molecular complexity index is 779. The molecule has 2 heterocycles. The second-order valence-corrected chi connectivity index (χ2v) is 15.6. The number of carbonyl (C=O) groups is 1. The zero-order valence-electron chi connectivity index (χ0n) is 12.9. The van der Waals surface area contributed by atoms with E-state index in [1.165, 1.54) is 11.2 Å². The molecule has 2 aliphatic heterocycles. The molecule has 0 saturated heterocycles. The molecule has 0 aromatic carbocycles. The molecule has 148 valence electrons. The molecule has 1 amide bonds. The Balaban J connectivity index is 1.80. The summed E-state index contributed by atoms with van der Waals surface area (Å²) in [5, 5.41) is 2.72. The molecule has 4 atom stereocenters. The Kier molecular flexibility index (Phi) is 6.08. The number of nitrogens with zero attached hydrogens (tertiary/aromatic N) is 3. The second-order valence-electron chi connectivity index (χ2n) is 5.04. The van der Waals surface area contributed by atoms with Gasteiger partial charge in [-0.05, 0) is 0 Å². The van der Waals surface area contributed by atoms with Crippen LogP contribution in [0.25, 0.3) is 0 Å². The van der Waals surface area contributed by atoms with Crippen LogP contribution in [0.5, 0.6) is 0 Å². The smallest absolute Gasteiger partial charge is 0.370 e. The van der Waals surface area contributed by atoms with Crippen LogP contribution >= 0.6 is 21.3 Å². The highest BCUT2D eigenvalue weighted by atomic mass is 32.5. The molecular weight excluding hydrogens is 419 g/mol. The maximum absolute atomic E-state index is 11.6. The minimum atomic E-state index is -5.79. The number of nitrogens with one attached hydrogen (secondary N) is 1. The molecule has 4 unspecified atom stereocenters. The van der Waals surface area contributed by atoms with E-state index in [1.54, 1.807) is 0 Å². The number of hydrogen-bond acceptors (Lipinski definition) is 10. The fourth-order valence-corrected chi connectivity index (χ4v) is 7.39. The predicted octanol–water partition coefficient (Wildman–Crippen LogP) is -2.08. The number of guanidine groups is 1. The predicted molar refractivity (Wildman–Crippen MR) is 86.1 cm³/mol. The van der Waals surface area contributed by atoms with E-state index in [0.29, 0.717) is 0 Å². The number of amides is 1. The van der Waals surface area contributed by atoms with Crippen molar-refractivity contribution in [2.75, 3.05) is 19.9 Å². The van der Waals surface area contributed by atoms with Gasteiger partial charge in [0, 0.05) is 0 Å². The molecule has 0 bridgehead atoms. The van der Waals surface area contributed by atoms with Crippen LogP contribution in [0.15, 0.2) is 9.98 Å². The van der Waals surface area contributed by atoms with Crippen molar-refractivity contribution in [3.63, 3.8) is 0 Å². The van der Waals surface area contributed by atoms with Crippen LogP contribution in [-0.4, -0.2) is 74.8 Å². The van der Waals surface area contributed by atoms with Crippen molar-refractivity contribution in [1.82, 2.24) is 10.2 Å². The average molecular weight is 435 g/mol. The van der Waals surface area contributed by atoms with Crippen molar-refractivity contribution in [1.29, 1.82) is 0 Å². The lowest BCUT2D eigenvalue weighted by Crippen LogP contribution is -2.58. The zero-order valence-corrected chi connectivity index (χ0v) is 15.5. The highest BCUT2D eigenvalue weighted by Crippen LogP contribution is 2.94. The highest BCUT2D eigenvalue weighted by molar-refractivity contribution is 8.60. The van der Waals surface area contributed by atoms with Crippen LogP contribution in [0.2, 0.25) is 0 Å². The molecule has 0 fully saturated rings. The van der Waals surface area contributed by atoms with Crippen molar-refractivity contribution in [2.24, 2.45) is 15.7 Å². The first-order valence-corrected chi connectivity index (χ1v) is 13.0. The summed E-state index contributed by atoms with van der Waals surface area (Å²) in [6, 6.07) is -0.802. The summed E-state index contributed by atoms with van der Waals surface area (Å²) in [6.07, 6.45) is 0.680. The summed E-state index contributed by atoms with van der Waals surface area (Å²) in [4.78, 5) is 56.2. The van der Waals surface area contributed by atoms with E-state index in [0.717, 1.165) is 0 Å². The van der Waals surface area contributed by atoms with Crippen molar-refractivity contribution < 1.29 is 47.3 Å². The first-order valence-electron chi connectivity index (χ1n) is 6.75. The Morgan fingerprint density at radius 3 is 2.50 bits per heavy atom. The van der Waals surface area contributed by atoms with Gasteiger partial charge in [0.1, 0.15) is 12.9 Å². The fraction of sp³-hybridized carbons (Fsp3) is 0.625. The van der Waals surface area contributed by atoms with Gasteiger partial charge in [-0.25, -0.2) is 9.13 Å². The van der Waals surface area contributed by atoms with E-state index in [2.05, 4.69) is 19.8 Å². The standard InChI is InChI=1S/C8H16N5O10P3/c9-8-11-6-5(7(14)12-8)10-3-13(6)4-22-1-2-23-25(18,19)26(20,21)24(15,16)17/h3,5-6H,1-2,4H2,(H,18,19)(H,20,21)(H2,15,16,17)(H3,9,11,12,14). The SMILES string of the molecule is NC1=NC(=O)C2N=CN(COCCOP(=O)(O)P(=O)(O)P(=O)(O)O)C2N1. The lowest BCUT2D eigenvalue weighted by atomic mass is 10.2. The number of carbonyl (C=O) groups excluding carboxylic acids is 1. The third kappa shape index (κ3) is 4.22. The van der Waals surface area contributed by atoms with E-state index >= 15 is 0 Å². The summed E-state index contributed by atoms with van der Waals surface area (Å²) in [5.41, 5.74) is 5.45. The number of aliphatic imine (C=N–C) groups is 2. The number of fused-ring (bicyclic) bond motifs is 1. The van der Waals surface area contributed by atoms with Gasteiger partial charge in [-0.3, -0.25) is 18.9 Å². The largest absolute Gasteiger partial charge is 0.422 e. The van der Waals surface area contributed by atoms with Gasteiger partial charge in [0.2, 0.25) is 0 Å². The topological polar surface area (TPSA) is 234 Å². The van der Waals surface area contributed by atoms with Crippen molar-refractivity contribution in [3.05, 3.63) is 0 Å². The third-order valence-corrected chi connectivity index (χ3v) is 13.6. The quantitative estimate of drug-likeness (QED) is 0.178. The monoisotopic (exact) mass is 435 g/mol. The number of ether oxygens (including phenoxy) is 1. The molecule has 0 spiro atoms. The lowest BCUT2D eigenvalue weighted by molar-refractivity contribution is -0.120. The molecule has 0 aliphatic carbocycles. The van der Waals surface area contributed by atoms with Crippen LogP contribution in [-0.2, 0) is 27.8 Å². The van der Waals surface area contributed by atoms with Crippen LogP contribution in [0, 0.1) is 0 Å².